The maximum Gasteiger partial charge on any atom is 0.191 e. The molecule has 2 heterocycles. The third-order valence-corrected chi connectivity index (χ3v) is 5.88. The summed E-state index contributed by atoms with van der Waals surface area (Å²) < 4.78 is 11.5. The number of benzene rings is 1. The minimum absolute atomic E-state index is 0. The van der Waals surface area contributed by atoms with Crippen molar-refractivity contribution in [2.75, 3.05) is 39.9 Å². The third-order valence-electron chi connectivity index (χ3n) is 5.88. The molecule has 2 fully saturated rings. The molecule has 31 heavy (non-hydrogen) atoms. The van der Waals surface area contributed by atoms with Crippen molar-refractivity contribution < 1.29 is 9.47 Å². The second-order valence-corrected chi connectivity index (χ2v) is 8.98. The minimum Gasteiger partial charge on any atom is -0.381 e. The highest BCUT2D eigenvalue weighted by Crippen LogP contribution is 2.15. The van der Waals surface area contributed by atoms with Gasteiger partial charge in [-0.15, -0.1) is 24.0 Å². The van der Waals surface area contributed by atoms with Gasteiger partial charge in [-0.05, 0) is 42.7 Å². The molecule has 2 aliphatic rings. The second kappa shape index (κ2) is 14.3. The average Bonchev–Trinajstić information content (AvgIpc) is 2.77. The number of nitrogens with zero attached hydrogens (tertiary/aromatic N) is 2. The maximum absolute atomic E-state index is 6.06. The van der Waals surface area contributed by atoms with Gasteiger partial charge in [0, 0.05) is 52.5 Å². The predicted octanol–water partition coefficient (Wildman–Crippen LogP) is 3.79. The van der Waals surface area contributed by atoms with Gasteiger partial charge in [0.25, 0.3) is 0 Å². The fourth-order valence-electron chi connectivity index (χ4n) is 4.24. The lowest BCUT2D eigenvalue weighted by Gasteiger charge is -2.34. The van der Waals surface area contributed by atoms with Crippen molar-refractivity contribution >= 4 is 29.9 Å². The number of hydrogen-bond donors (Lipinski definition) is 2. The molecule has 0 aromatic heterocycles. The smallest absolute Gasteiger partial charge is 0.191 e. The molecule has 0 amide bonds. The lowest BCUT2D eigenvalue weighted by Crippen LogP contribution is -2.48. The van der Waals surface area contributed by atoms with Crippen LogP contribution in [0.25, 0.3) is 0 Å². The van der Waals surface area contributed by atoms with Crippen molar-refractivity contribution in [3.63, 3.8) is 0 Å². The number of rotatable bonds is 8. The summed E-state index contributed by atoms with van der Waals surface area (Å²) in [6.45, 7) is 11.2. The zero-order chi connectivity index (χ0) is 21.2. The Balaban J connectivity index is 0.00000341. The number of piperidine rings is 1. The number of nitrogens with one attached hydrogen (secondary N) is 2. The van der Waals surface area contributed by atoms with Crippen LogP contribution in [0.4, 0.5) is 0 Å². The van der Waals surface area contributed by atoms with Crippen LogP contribution < -0.4 is 10.6 Å². The van der Waals surface area contributed by atoms with E-state index in [4.69, 9.17) is 9.47 Å². The molecule has 6 nitrogen and oxygen atoms in total. The van der Waals surface area contributed by atoms with Gasteiger partial charge in [-0.2, -0.15) is 0 Å². The number of ether oxygens (including phenoxy) is 2. The number of likely N-dealkylation sites (tertiary alicyclic amines) is 1. The van der Waals surface area contributed by atoms with Crippen LogP contribution in [-0.4, -0.2) is 62.9 Å². The molecule has 0 atom stereocenters. The molecule has 176 valence electrons. The summed E-state index contributed by atoms with van der Waals surface area (Å²) in [5.41, 5.74) is 2.47. The van der Waals surface area contributed by atoms with E-state index in [0.717, 1.165) is 44.5 Å². The Kier molecular flexibility index (Phi) is 12.1. The van der Waals surface area contributed by atoms with Crippen LogP contribution in [0.2, 0.25) is 0 Å². The van der Waals surface area contributed by atoms with Gasteiger partial charge < -0.3 is 25.0 Å². The largest absolute Gasteiger partial charge is 0.381 e. The SMILES string of the molecule is CN=C(NCc1cccc(COC2CCOCC2)c1)NC1CCN(CC(C)C)CC1.I. The highest BCUT2D eigenvalue weighted by atomic mass is 127. The normalized spacial score (nSPS) is 19.3. The van der Waals surface area contributed by atoms with Crippen molar-refractivity contribution in [1.29, 1.82) is 0 Å². The molecule has 2 saturated heterocycles. The predicted molar refractivity (Wildman–Crippen MR) is 138 cm³/mol. The first-order chi connectivity index (χ1) is 14.6. The summed E-state index contributed by atoms with van der Waals surface area (Å²) in [5, 5.41) is 7.09. The topological polar surface area (TPSA) is 58.1 Å². The van der Waals surface area contributed by atoms with Gasteiger partial charge in [-0.1, -0.05) is 38.1 Å². The second-order valence-electron chi connectivity index (χ2n) is 8.98. The summed E-state index contributed by atoms with van der Waals surface area (Å²) in [7, 11) is 1.85. The number of halogens is 1. The van der Waals surface area contributed by atoms with E-state index >= 15 is 0 Å². The zero-order valence-electron chi connectivity index (χ0n) is 19.4. The summed E-state index contributed by atoms with van der Waals surface area (Å²) in [6, 6.07) is 9.13. The monoisotopic (exact) mass is 544 g/mol. The van der Waals surface area contributed by atoms with Gasteiger partial charge in [-0.25, -0.2) is 0 Å². The Bertz CT molecular complexity index is 657. The standard InChI is InChI=1S/C24H40N4O2.HI/c1-19(2)17-28-11-7-22(8-12-28)27-24(25-3)26-16-20-5-4-6-21(15-20)18-30-23-9-13-29-14-10-23;/h4-6,15,19,22-23H,7-14,16-18H2,1-3H3,(H2,25,26,27);1H. The quantitative estimate of drug-likeness (QED) is 0.297. The molecule has 0 bridgehead atoms. The Morgan fingerprint density at radius 3 is 2.55 bits per heavy atom. The van der Waals surface area contributed by atoms with E-state index in [1.54, 1.807) is 0 Å². The molecule has 0 radical (unpaired) electrons. The zero-order valence-corrected chi connectivity index (χ0v) is 21.8. The van der Waals surface area contributed by atoms with E-state index in [1.165, 1.54) is 43.6 Å². The Hall–Kier alpha value is -0.900. The van der Waals surface area contributed by atoms with Crippen molar-refractivity contribution in [2.45, 2.75) is 64.8 Å². The Morgan fingerprint density at radius 1 is 1.16 bits per heavy atom. The van der Waals surface area contributed by atoms with E-state index in [-0.39, 0.29) is 24.0 Å². The van der Waals surface area contributed by atoms with Crippen LogP contribution in [0.1, 0.15) is 50.7 Å². The van der Waals surface area contributed by atoms with E-state index in [1.807, 2.05) is 7.05 Å². The van der Waals surface area contributed by atoms with Crippen LogP contribution >= 0.6 is 24.0 Å². The number of guanidine groups is 1. The summed E-state index contributed by atoms with van der Waals surface area (Å²) >= 11 is 0. The van der Waals surface area contributed by atoms with Gasteiger partial charge in [0.05, 0.1) is 12.7 Å². The lowest BCUT2D eigenvalue weighted by molar-refractivity contribution is -0.0390. The van der Waals surface area contributed by atoms with E-state index in [0.29, 0.717) is 18.8 Å². The molecule has 3 rings (SSSR count). The van der Waals surface area contributed by atoms with Crippen molar-refractivity contribution in [3.8, 4) is 0 Å². The lowest BCUT2D eigenvalue weighted by atomic mass is 10.0. The molecule has 0 unspecified atom stereocenters. The number of aliphatic imine (C=N–C) groups is 1. The van der Waals surface area contributed by atoms with Gasteiger partial charge in [0.15, 0.2) is 5.96 Å². The van der Waals surface area contributed by atoms with Crippen LogP contribution in [0, 0.1) is 5.92 Å². The highest BCUT2D eigenvalue weighted by molar-refractivity contribution is 14.0. The van der Waals surface area contributed by atoms with Crippen LogP contribution in [0.15, 0.2) is 29.3 Å². The third kappa shape index (κ3) is 9.63. The molecule has 1 aromatic carbocycles. The van der Waals surface area contributed by atoms with E-state index in [9.17, 15) is 0 Å². The molecular formula is C24H41IN4O2. The summed E-state index contributed by atoms with van der Waals surface area (Å²) in [5.74, 6) is 1.63. The fraction of sp³-hybridized carbons (Fsp3) is 0.708. The van der Waals surface area contributed by atoms with Gasteiger partial charge in [-0.3, -0.25) is 4.99 Å². The van der Waals surface area contributed by atoms with E-state index < -0.39 is 0 Å². The van der Waals surface area contributed by atoms with Crippen LogP contribution in [0.3, 0.4) is 0 Å². The molecule has 2 N–H and O–H groups in total. The van der Waals surface area contributed by atoms with Crippen molar-refractivity contribution in [2.24, 2.45) is 10.9 Å². The first-order valence-corrected chi connectivity index (χ1v) is 11.6. The average molecular weight is 545 g/mol. The first-order valence-electron chi connectivity index (χ1n) is 11.6. The van der Waals surface area contributed by atoms with Crippen molar-refractivity contribution in [1.82, 2.24) is 15.5 Å². The molecule has 7 heteroatoms. The van der Waals surface area contributed by atoms with E-state index in [2.05, 4.69) is 58.6 Å². The van der Waals surface area contributed by atoms with Gasteiger partial charge >= 0.3 is 0 Å². The molecule has 2 aliphatic heterocycles. The molecular weight excluding hydrogens is 503 g/mol. The summed E-state index contributed by atoms with van der Waals surface area (Å²) in [4.78, 5) is 7.01. The highest BCUT2D eigenvalue weighted by Gasteiger charge is 2.20. The van der Waals surface area contributed by atoms with Crippen LogP contribution in [-0.2, 0) is 22.6 Å². The maximum atomic E-state index is 6.06. The van der Waals surface area contributed by atoms with Gasteiger partial charge in [0.2, 0.25) is 0 Å². The van der Waals surface area contributed by atoms with Crippen molar-refractivity contribution in [3.05, 3.63) is 35.4 Å². The first kappa shape index (κ1) is 26.4. The Morgan fingerprint density at radius 2 is 1.87 bits per heavy atom. The molecule has 1 aromatic rings. The molecule has 0 aliphatic carbocycles. The summed E-state index contributed by atoms with van der Waals surface area (Å²) in [6.07, 6.45) is 4.67. The molecule has 0 saturated carbocycles. The molecule has 0 spiro atoms. The van der Waals surface area contributed by atoms with Gasteiger partial charge in [0.1, 0.15) is 0 Å². The Labute approximate surface area is 205 Å². The number of hydrogen-bond acceptors (Lipinski definition) is 4. The minimum atomic E-state index is 0. The van der Waals surface area contributed by atoms with Crippen LogP contribution in [0.5, 0.6) is 0 Å². The fourth-order valence-corrected chi connectivity index (χ4v) is 4.24.